The molecule has 18 nitrogen and oxygen atoms in total. The number of phosphoric acid groups is 3. The number of hydrogen-bond donors (Lipinski definition) is 7. The molecule has 1 saturated heterocycles. The van der Waals surface area contributed by atoms with Gasteiger partial charge in [0.1, 0.15) is 18.1 Å². The lowest BCUT2D eigenvalue weighted by atomic mass is 10.2. The number of aliphatic hydroxyl groups excluding tert-OH is 1. The molecule has 2 rings (SSSR count). The Bertz CT molecular complexity index is 964. The predicted molar refractivity (Wildman–Crippen MR) is 91.5 cm³/mol. The van der Waals surface area contributed by atoms with E-state index in [2.05, 4.69) is 23.0 Å². The van der Waals surface area contributed by atoms with Gasteiger partial charge in [-0.1, -0.05) is 0 Å². The van der Waals surface area contributed by atoms with E-state index in [1.807, 2.05) is 0 Å². The molecule has 2 heterocycles. The van der Waals surface area contributed by atoms with E-state index in [4.69, 9.17) is 31.0 Å². The van der Waals surface area contributed by atoms with Gasteiger partial charge in [0.25, 0.3) is 0 Å². The Kier molecular flexibility index (Phi) is 7.72. The first-order valence-corrected chi connectivity index (χ1v) is 12.0. The zero-order valence-electron chi connectivity index (χ0n) is 14.5. The number of anilines is 1. The van der Waals surface area contributed by atoms with Crippen LogP contribution in [-0.4, -0.2) is 52.7 Å². The first-order chi connectivity index (χ1) is 13.6. The molecule has 1 aromatic rings. The number of nitrogens with two attached hydrogens (primary N) is 2. The zero-order valence-corrected chi connectivity index (χ0v) is 17.2. The van der Waals surface area contributed by atoms with Crippen LogP contribution in [0.3, 0.4) is 0 Å². The van der Waals surface area contributed by atoms with Crippen LogP contribution in [0.25, 0.3) is 0 Å². The molecule has 0 aromatic carbocycles. The normalized spacial score (nSPS) is 27.3. The molecule has 0 saturated carbocycles. The van der Waals surface area contributed by atoms with Crippen LogP contribution in [0.15, 0.2) is 17.1 Å². The number of aliphatic hydroxyl groups is 1. The molecule has 172 valence electrons. The van der Waals surface area contributed by atoms with Crippen LogP contribution >= 0.6 is 23.5 Å². The smallest absolute Gasteiger partial charge is 0.390 e. The van der Waals surface area contributed by atoms with Gasteiger partial charge in [0, 0.05) is 12.6 Å². The van der Waals surface area contributed by atoms with Crippen LogP contribution in [0, 0.1) is 0 Å². The largest absolute Gasteiger partial charge is 0.490 e. The minimum absolute atomic E-state index is 0.0813. The van der Waals surface area contributed by atoms with Crippen molar-refractivity contribution in [3.05, 3.63) is 22.7 Å². The Morgan fingerprint density at radius 2 is 1.83 bits per heavy atom. The number of phosphoric ester groups is 1. The maximum Gasteiger partial charge on any atom is 0.490 e. The number of hydrogen-bond acceptors (Lipinski definition) is 13. The van der Waals surface area contributed by atoms with Gasteiger partial charge in [0.05, 0.1) is 6.10 Å². The van der Waals surface area contributed by atoms with E-state index < -0.39 is 53.9 Å². The van der Waals surface area contributed by atoms with Crippen molar-refractivity contribution >= 4 is 29.3 Å². The van der Waals surface area contributed by atoms with Gasteiger partial charge in [0.2, 0.25) is 6.29 Å². The van der Waals surface area contributed by atoms with E-state index in [0.29, 0.717) is 0 Å². The molecule has 1 aromatic heterocycles. The minimum Gasteiger partial charge on any atom is -0.390 e. The quantitative estimate of drug-likeness (QED) is 0.110. The van der Waals surface area contributed by atoms with Gasteiger partial charge in [-0.15, -0.1) is 0 Å². The molecule has 1 fully saturated rings. The molecule has 0 aliphatic carbocycles. The lowest BCUT2D eigenvalue weighted by Gasteiger charge is -2.25. The molecule has 0 amide bonds. The molecule has 0 bridgehead atoms. The van der Waals surface area contributed by atoms with E-state index >= 15 is 0 Å². The third-order valence-corrected chi connectivity index (χ3v) is 7.16. The molecule has 6 atom stereocenters. The second-order valence-electron chi connectivity index (χ2n) is 5.60. The highest BCUT2D eigenvalue weighted by atomic mass is 31.3. The summed E-state index contributed by atoms with van der Waals surface area (Å²) < 4.78 is 51.6. The summed E-state index contributed by atoms with van der Waals surface area (Å²) in [5.41, 5.74) is 4.52. The van der Waals surface area contributed by atoms with Crippen LogP contribution < -0.4 is 17.3 Å². The van der Waals surface area contributed by atoms with Crippen LogP contribution in [0.5, 0.6) is 0 Å². The van der Waals surface area contributed by atoms with Crippen LogP contribution in [-0.2, 0) is 36.4 Å². The summed E-state index contributed by atoms with van der Waals surface area (Å²) in [6, 6.07) is 1.26. The fourth-order valence-corrected chi connectivity index (χ4v) is 5.42. The van der Waals surface area contributed by atoms with Gasteiger partial charge in [-0.3, -0.25) is 13.9 Å². The van der Waals surface area contributed by atoms with Gasteiger partial charge in [-0.05, 0) is 6.07 Å². The number of aromatic nitrogens is 2. The molecule has 21 heteroatoms. The Morgan fingerprint density at radius 1 is 1.20 bits per heavy atom. The maximum atomic E-state index is 11.9. The summed E-state index contributed by atoms with van der Waals surface area (Å²) in [6.45, 7) is 0. The summed E-state index contributed by atoms with van der Waals surface area (Å²) in [6.07, 6.45) is -5.48. The standard InChI is InChI=1S/C9H17N4O14P3/c10-5-1-2-13(9(15)12-5)6-3-4(14)7(23-6)8(24-11)25-29(19,20)27-30(21,22)26-28(16,17)18/h1-2,4,6-8,14H,3,11H2,(H,19,20)(H,21,22)(H2,10,12,15)(H2,16,17,18)/t4-,6+,7-,8?/m0/s1. The van der Waals surface area contributed by atoms with Crippen molar-refractivity contribution in [3.8, 4) is 0 Å². The third kappa shape index (κ3) is 6.98. The lowest BCUT2D eigenvalue weighted by molar-refractivity contribution is -0.190. The minimum atomic E-state index is -5.79. The molecular formula is C9H17N4O14P3. The van der Waals surface area contributed by atoms with Crippen molar-refractivity contribution in [2.45, 2.75) is 31.1 Å². The number of nitrogen functional groups attached to an aromatic ring is 1. The van der Waals surface area contributed by atoms with Gasteiger partial charge >= 0.3 is 29.2 Å². The molecule has 3 unspecified atom stereocenters. The summed E-state index contributed by atoms with van der Waals surface area (Å²) >= 11 is 0. The van der Waals surface area contributed by atoms with E-state index in [-0.39, 0.29) is 12.2 Å². The van der Waals surface area contributed by atoms with Crippen LogP contribution in [0.1, 0.15) is 12.6 Å². The SMILES string of the molecule is NOC(OP(=O)(O)OP(=O)(O)OP(=O)(O)O)[C@H]1O[C@@H](n2ccc(N)nc2=O)C[C@@H]1O. The number of nitrogens with zero attached hydrogens (tertiary/aromatic N) is 2. The summed E-state index contributed by atoms with van der Waals surface area (Å²) in [7, 11) is -17.0. The predicted octanol–water partition coefficient (Wildman–Crippen LogP) is -1.97. The second-order valence-corrected chi connectivity index (χ2v) is 9.97. The third-order valence-electron chi connectivity index (χ3n) is 3.35. The van der Waals surface area contributed by atoms with Gasteiger partial charge < -0.3 is 35.2 Å². The van der Waals surface area contributed by atoms with Crippen LogP contribution in [0.4, 0.5) is 5.82 Å². The highest BCUT2D eigenvalue weighted by Crippen LogP contribution is 2.66. The second kappa shape index (κ2) is 9.20. The first-order valence-electron chi connectivity index (χ1n) is 7.48. The molecule has 0 radical (unpaired) electrons. The van der Waals surface area contributed by atoms with Crippen molar-refractivity contribution in [3.63, 3.8) is 0 Å². The van der Waals surface area contributed by atoms with E-state index in [9.17, 15) is 28.5 Å². The van der Waals surface area contributed by atoms with E-state index in [1.54, 1.807) is 0 Å². The Hall–Kier alpha value is -1.07. The summed E-state index contributed by atoms with van der Waals surface area (Å²) in [4.78, 5) is 55.3. The Labute approximate surface area is 166 Å². The first kappa shape index (κ1) is 25.2. The van der Waals surface area contributed by atoms with E-state index in [0.717, 1.165) is 4.57 Å². The van der Waals surface area contributed by atoms with Gasteiger partial charge in [-0.2, -0.15) is 13.6 Å². The molecule has 30 heavy (non-hydrogen) atoms. The van der Waals surface area contributed by atoms with Crippen molar-refractivity contribution in [2.75, 3.05) is 5.73 Å². The van der Waals surface area contributed by atoms with Crippen molar-refractivity contribution < 1.29 is 61.1 Å². The Balaban J connectivity index is 2.13. The number of rotatable bonds is 9. The highest BCUT2D eigenvalue weighted by molar-refractivity contribution is 7.66. The average Bonchev–Trinajstić information content (AvgIpc) is 2.90. The van der Waals surface area contributed by atoms with E-state index in [1.165, 1.54) is 12.3 Å². The molecule has 9 N–H and O–H groups in total. The topological polar surface area (TPSA) is 285 Å². The lowest BCUT2D eigenvalue weighted by Crippen LogP contribution is -2.40. The average molecular weight is 498 g/mol. The molecule has 1 aliphatic heterocycles. The molecule has 1 aliphatic rings. The highest BCUT2D eigenvalue weighted by Gasteiger charge is 2.47. The monoisotopic (exact) mass is 498 g/mol. The van der Waals surface area contributed by atoms with Gasteiger partial charge in [0.15, 0.2) is 0 Å². The maximum absolute atomic E-state index is 11.9. The summed E-state index contributed by atoms with van der Waals surface area (Å²) in [5, 5.41) is 10.1. The van der Waals surface area contributed by atoms with Crippen molar-refractivity contribution in [1.82, 2.24) is 9.55 Å². The van der Waals surface area contributed by atoms with Crippen molar-refractivity contribution in [2.24, 2.45) is 5.90 Å². The molecule has 0 spiro atoms. The fraction of sp³-hybridized carbons (Fsp3) is 0.556. The number of ether oxygens (including phenoxy) is 1. The Morgan fingerprint density at radius 3 is 2.37 bits per heavy atom. The van der Waals surface area contributed by atoms with Gasteiger partial charge in [-0.25, -0.2) is 24.4 Å². The zero-order chi connectivity index (χ0) is 22.9. The van der Waals surface area contributed by atoms with Crippen molar-refractivity contribution in [1.29, 1.82) is 0 Å². The summed E-state index contributed by atoms with van der Waals surface area (Å²) in [5.74, 6) is 4.85. The fourth-order valence-electron chi connectivity index (χ4n) is 2.33. The van der Waals surface area contributed by atoms with Crippen LogP contribution in [0.2, 0.25) is 0 Å². The molecular weight excluding hydrogens is 481 g/mol.